The fraction of sp³-hybridized carbons (Fsp3) is 0.143. The van der Waals surface area contributed by atoms with Gasteiger partial charge in [-0.2, -0.15) is 0 Å². The highest BCUT2D eigenvalue weighted by Crippen LogP contribution is 2.44. The molecule has 0 aliphatic rings. The van der Waals surface area contributed by atoms with Gasteiger partial charge in [0.05, 0.1) is 11.5 Å². The van der Waals surface area contributed by atoms with E-state index in [1.165, 1.54) is 48.5 Å². The average molecular weight is 448 g/mol. The molecule has 0 fully saturated rings. The van der Waals surface area contributed by atoms with Gasteiger partial charge in [-0.05, 0) is 42.3 Å². The first kappa shape index (κ1) is 21.7. The quantitative estimate of drug-likeness (QED) is 0.558. The Morgan fingerprint density at radius 1 is 0.967 bits per heavy atom. The van der Waals surface area contributed by atoms with Crippen LogP contribution in [0.5, 0.6) is 0 Å². The molecule has 0 saturated carbocycles. The molecule has 156 valence electrons. The molecule has 2 aromatic carbocycles. The third-order valence-electron chi connectivity index (χ3n) is 4.27. The molecule has 1 aromatic heterocycles. The van der Waals surface area contributed by atoms with E-state index in [1.54, 1.807) is 6.92 Å². The smallest absolute Gasteiger partial charge is 0.348 e. The second-order valence-electron chi connectivity index (χ2n) is 6.34. The molecule has 0 spiro atoms. The van der Waals surface area contributed by atoms with Gasteiger partial charge in [0.1, 0.15) is 15.6 Å². The molecule has 0 saturated heterocycles. The fourth-order valence-corrected chi connectivity index (χ4v) is 4.67. The van der Waals surface area contributed by atoms with Gasteiger partial charge in [0.25, 0.3) is 0 Å². The van der Waals surface area contributed by atoms with Gasteiger partial charge in [-0.1, -0.05) is 24.3 Å². The van der Waals surface area contributed by atoms with Crippen LogP contribution in [0.1, 0.15) is 26.3 Å². The molecule has 0 unspecified atom stereocenters. The van der Waals surface area contributed by atoms with Gasteiger partial charge in [-0.25, -0.2) is 22.4 Å². The SMILES string of the molecule is CCOC(=O)c1sc(C(=O)O)c(-c2ccc(S(C)(=O)=O)cc2)c1-c1ccc(F)cc1. The largest absolute Gasteiger partial charge is 0.477 e. The number of carbonyl (C=O) groups is 2. The van der Waals surface area contributed by atoms with Crippen LogP contribution in [0.3, 0.4) is 0 Å². The number of carbonyl (C=O) groups excluding carboxylic acids is 1. The number of hydrogen-bond donors (Lipinski definition) is 1. The highest BCUT2D eigenvalue weighted by molar-refractivity contribution is 7.90. The molecule has 9 heteroatoms. The van der Waals surface area contributed by atoms with E-state index in [4.69, 9.17) is 4.74 Å². The number of benzene rings is 2. The topological polar surface area (TPSA) is 97.7 Å². The van der Waals surface area contributed by atoms with Gasteiger partial charge in [-0.3, -0.25) is 0 Å². The Balaban J connectivity index is 2.33. The van der Waals surface area contributed by atoms with Crippen molar-refractivity contribution in [1.29, 1.82) is 0 Å². The van der Waals surface area contributed by atoms with Crippen LogP contribution in [0, 0.1) is 5.82 Å². The third-order valence-corrected chi connectivity index (χ3v) is 6.55. The van der Waals surface area contributed by atoms with Crippen molar-refractivity contribution < 1.29 is 32.2 Å². The summed E-state index contributed by atoms with van der Waals surface area (Å²) in [4.78, 5) is 24.5. The second kappa shape index (κ2) is 8.37. The summed E-state index contributed by atoms with van der Waals surface area (Å²) in [6, 6.07) is 11.0. The van der Waals surface area contributed by atoms with E-state index in [0.717, 1.165) is 17.6 Å². The van der Waals surface area contributed by atoms with E-state index in [2.05, 4.69) is 0 Å². The minimum absolute atomic E-state index is 0.0723. The van der Waals surface area contributed by atoms with Gasteiger partial charge < -0.3 is 9.84 Å². The standard InChI is InChI=1S/C21H17FO6S2/c1-3-28-21(25)19-17(12-4-8-14(22)9-5-12)16(18(29-19)20(23)24)13-6-10-15(11-7-13)30(2,26)27/h4-11H,3H2,1-2H3,(H,23,24). The Hall–Kier alpha value is -3.04. The van der Waals surface area contributed by atoms with Crippen molar-refractivity contribution in [3.63, 3.8) is 0 Å². The van der Waals surface area contributed by atoms with Crippen molar-refractivity contribution in [2.45, 2.75) is 11.8 Å². The van der Waals surface area contributed by atoms with E-state index in [-0.39, 0.29) is 26.8 Å². The number of rotatable bonds is 6. The number of esters is 1. The zero-order valence-corrected chi connectivity index (χ0v) is 17.6. The summed E-state index contributed by atoms with van der Waals surface area (Å²) in [5.41, 5.74) is 1.38. The van der Waals surface area contributed by atoms with E-state index >= 15 is 0 Å². The zero-order valence-electron chi connectivity index (χ0n) is 16.0. The van der Waals surface area contributed by atoms with E-state index < -0.39 is 27.6 Å². The molecule has 0 amide bonds. The number of sulfone groups is 1. The molecule has 3 aromatic rings. The van der Waals surface area contributed by atoms with Crippen LogP contribution in [0.4, 0.5) is 4.39 Å². The van der Waals surface area contributed by atoms with Crippen molar-refractivity contribution in [2.75, 3.05) is 12.9 Å². The molecule has 30 heavy (non-hydrogen) atoms. The lowest BCUT2D eigenvalue weighted by Gasteiger charge is -2.10. The van der Waals surface area contributed by atoms with Crippen LogP contribution >= 0.6 is 11.3 Å². The first-order valence-corrected chi connectivity index (χ1v) is 11.5. The number of carboxylic acid groups (broad SMARTS) is 1. The molecular weight excluding hydrogens is 431 g/mol. The minimum Gasteiger partial charge on any atom is -0.477 e. The fourth-order valence-electron chi connectivity index (χ4n) is 2.96. The molecular formula is C21H17FO6S2. The van der Waals surface area contributed by atoms with Crippen molar-refractivity contribution in [3.05, 3.63) is 64.1 Å². The summed E-state index contributed by atoms with van der Waals surface area (Å²) in [5, 5.41) is 9.75. The zero-order chi connectivity index (χ0) is 22.1. The van der Waals surface area contributed by atoms with Crippen molar-refractivity contribution in [2.24, 2.45) is 0 Å². The predicted molar refractivity (Wildman–Crippen MR) is 111 cm³/mol. The molecule has 1 heterocycles. The summed E-state index contributed by atoms with van der Waals surface area (Å²) in [6.07, 6.45) is 1.07. The molecule has 1 N–H and O–H groups in total. The number of thiophene rings is 1. The predicted octanol–water partition coefficient (Wildman–Crippen LogP) is 4.50. The van der Waals surface area contributed by atoms with Gasteiger partial charge in [0, 0.05) is 17.4 Å². The number of carboxylic acids is 1. The van der Waals surface area contributed by atoms with Gasteiger partial charge in [-0.15, -0.1) is 11.3 Å². The van der Waals surface area contributed by atoms with E-state index in [0.29, 0.717) is 16.7 Å². The van der Waals surface area contributed by atoms with E-state index in [1.807, 2.05) is 0 Å². The molecule has 0 aliphatic heterocycles. The lowest BCUT2D eigenvalue weighted by atomic mass is 9.94. The van der Waals surface area contributed by atoms with Gasteiger partial charge >= 0.3 is 11.9 Å². The lowest BCUT2D eigenvalue weighted by Crippen LogP contribution is -2.04. The summed E-state index contributed by atoms with van der Waals surface area (Å²) in [5.74, 6) is -2.42. The highest BCUT2D eigenvalue weighted by Gasteiger charge is 2.29. The van der Waals surface area contributed by atoms with Crippen molar-refractivity contribution in [1.82, 2.24) is 0 Å². The number of aromatic carboxylic acids is 1. The molecule has 6 nitrogen and oxygen atoms in total. The van der Waals surface area contributed by atoms with Crippen LogP contribution in [0.2, 0.25) is 0 Å². The summed E-state index contributed by atoms with van der Waals surface area (Å²) in [6.45, 7) is 1.73. The normalized spacial score (nSPS) is 11.3. The Labute approximate surface area is 176 Å². The van der Waals surface area contributed by atoms with Crippen LogP contribution < -0.4 is 0 Å². The van der Waals surface area contributed by atoms with E-state index in [9.17, 15) is 27.5 Å². The lowest BCUT2D eigenvalue weighted by molar-refractivity contribution is 0.0532. The molecule has 0 bridgehead atoms. The first-order valence-electron chi connectivity index (χ1n) is 8.77. The molecule has 0 aliphatic carbocycles. The Kier molecular flexibility index (Phi) is 6.04. The monoisotopic (exact) mass is 448 g/mol. The minimum atomic E-state index is -3.44. The number of halogens is 1. The van der Waals surface area contributed by atoms with Crippen LogP contribution in [-0.2, 0) is 14.6 Å². The van der Waals surface area contributed by atoms with Crippen molar-refractivity contribution in [3.8, 4) is 22.3 Å². The first-order chi connectivity index (χ1) is 14.1. The second-order valence-corrected chi connectivity index (χ2v) is 9.38. The molecule has 0 radical (unpaired) electrons. The Bertz CT molecular complexity index is 1210. The number of hydrogen-bond acceptors (Lipinski definition) is 6. The Morgan fingerprint density at radius 3 is 1.93 bits per heavy atom. The molecule has 0 atom stereocenters. The highest BCUT2D eigenvalue weighted by atomic mass is 32.2. The van der Waals surface area contributed by atoms with Gasteiger partial charge in [0.2, 0.25) is 0 Å². The maximum Gasteiger partial charge on any atom is 0.348 e. The van der Waals surface area contributed by atoms with Crippen LogP contribution in [0.15, 0.2) is 53.4 Å². The Morgan fingerprint density at radius 2 is 1.47 bits per heavy atom. The van der Waals surface area contributed by atoms with Crippen molar-refractivity contribution >= 4 is 33.1 Å². The number of ether oxygens (including phenoxy) is 1. The third kappa shape index (κ3) is 4.27. The summed E-state index contributed by atoms with van der Waals surface area (Å²) >= 11 is 0.760. The maximum absolute atomic E-state index is 13.5. The van der Waals surface area contributed by atoms with Gasteiger partial charge in [0.15, 0.2) is 9.84 Å². The summed E-state index contributed by atoms with van der Waals surface area (Å²) < 4.78 is 42.0. The average Bonchev–Trinajstić information content (AvgIpc) is 3.09. The van der Waals surface area contributed by atoms with Crippen LogP contribution in [0.25, 0.3) is 22.3 Å². The maximum atomic E-state index is 13.5. The molecule has 3 rings (SSSR count). The summed E-state index contributed by atoms with van der Waals surface area (Å²) in [7, 11) is -3.44. The van der Waals surface area contributed by atoms with Crippen LogP contribution in [-0.4, -0.2) is 38.3 Å².